The van der Waals surface area contributed by atoms with Gasteiger partial charge in [0, 0.05) is 5.56 Å². The summed E-state index contributed by atoms with van der Waals surface area (Å²) in [5.41, 5.74) is 0.421. The van der Waals surface area contributed by atoms with Gasteiger partial charge in [0.25, 0.3) is 0 Å². The molecule has 2 aromatic rings. The van der Waals surface area contributed by atoms with Crippen molar-refractivity contribution in [3.63, 3.8) is 0 Å². The number of benzene rings is 2. The molecule has 0 saturated heterocycles. The van der Waals surface area contributed by atoms with Crippen LogP contribution in [0.5, 0.6) is 5.75 Å². The summed E-state index contributed by atoms with van der Waals surface area (Å²) in [6.45, 7) is 0. The number of carbonyl (C=O) groups is 1. The fourth-order valence-electron chi connectivity index (χ4n) is 1.71. The van der Waals surface area contributed by atoms with Gasteiger partial charge in [-0.3, -0.25) is 4.79 Å². The van der Waals surface area contributed by atoms with Gasteiger partial charge in [0.2, 0.25) is 0 Å². The number of amides is 1. The third kappa shape index (κ3) is 2.74. The molecule has 0 heterocycles. The largest absolute Gasteiger partial charge is 0.497 e. The summed E-state index contributed by atoms with van der Waals surface area (Å²) in [6, 6.07) is 14.1. The van der Waals surface area contributed by atoms with E-state index in [9.17, 15) is 14.9 Å². The SMILES string of the molecule is COc1ccc(N(C(=O)c2ccccc2)[N+](=O)[O-])cc1. The molecule has 0 aromatic heterocycles. The van der Waals surface area contributed by atoms with Crippen LogP contribution in [0.25, 0.3) is 0 Å². The van der Waals surface area contributed by atoms with Crippen LogP contribution in [0.15, 0.2) is 54.6 Å². The van der Waals surface area contributed by atoms with E-state index >= 15 is 0 Å². The standard InChI is InChI=1S/C14H12N2O4/c1-20-13-9-7-12(8-10-13)15(16(18)19)14(17)11-5-3-2-4-6-11/h2-10H,1H3. The van der Waals surface area contributed by atoms with E-state index in [1.807, 2.05) is 0 Å². The second-order valence-electron chi connectivity index (χ2n) is 3.92. The highest BCUT2D eigenvalue weighted by atomic mass is 16.7. The summed E-state index contributed by atoms with van der Waals surface area (Å²) in [5.74, 6) is -0.134. The van der Waals surface area contributed by atoms with Gasteiger partial charge in [-0.05, 0) is 41.4 Å². The molecule has 6 nitrogen and oxygen atoms in total. The Morgan fingerprint density at radius 2 is 1.70 bits per heavy atom. The Morgan fingerprint density at radius 1 is 1.10 bits per heavy atom. The zero-order valence-corrected chi connectivity index (χ0v) is 10.7. The Morgan fingerprint density at radius 3 is 2.20 bits per heavy atom. The van der Waals surface area contributed by atoms with Crippen LogP contribution < -0.4 is 9.75 Å². The van der Waals surface area contributed by atoms with Crippen molar-refractivity contribution in [2.75, 3.05) is 12.1 Å². The maximum Gasteiger partial charge on any atom is 0.319 e. The molecule has 6 heteroatoms. The van der Waals surface area contributed by atoms with E-state index in [-0.39, 0.29) is 11.3 Å². The predicted octanol–water partition coefficient (Wildman–Crippen LogP) is 2.53. The lowest BCUT2D eigenvalue weighted by atomic mass is 10.2. The Balaban J connectivity index is 2.36. The molecule has 0 atom stereocenters. The molecule has 0 fully saturated rings. The van der Waals surface area contributed by atoms with Crippen molar-refractivity contribution in [3.8, 4) is 5.75 Å². The van der Waals surface area contributed by atoms with Gasteiger partial charge in [0.15, 0.2) is 5.03 Å². The highest BCUT2D eigenvalue weighted by Gasteiger charge is 2.27. The summed E-state index contributed by atoms with van der Waals surface area (Å²) in [6.07, 6.45) is 0. The van der Waals surface area contributed by atoms with Crippen molar-refractivity contribution in [2.45, 2.75) is 0 Å². The van der Waals surface area contributed by atoms with E-state index in [1.165, 1.54) is 31.4 Å². The number of carbonyl (C=O) groups excluding carboxylic acids is 1. The molecule has 0 unspecified atom stereocenters. The monoisotopic (exact) mass is 272 g/mol. The minimum absolute atomic E-state index is 0.171. The van der Waals surface area contributed by atoms with Gasteiger partial charge in [0.05, 0.1) is 7.11 Å². The lowest BCUT2D eigenvalue weighted by Crippen LogP contribution is -2.36. The van der Waals surface area contributed by atoms with E-state index in [4.69, 9.17) is 4.74 Å². The van der Waals surface area contributed by atoms with Crippen LogP contribution in [0, 0.1) is 10.1 Å². The molecular formula is C14H12N2O4. The fraction of sp³-hybridized carbons (Fsp3) is 0.0714. The van der Waals surface area contributed by atoms with E-state index in [0.717, 1.165) is 0 Å². The molecule has 0 aliphatic carbocycles. The molecule has 2 rings (SSSR count). The zero-order valence-electron chi connectivity index (χ0n) is 10.7. The number of methoxy groups -OCH3 is 1. The number of nitro groups is 1. The van der Waals surface area contributed by atoms with Crippen LogP contribution in [0.4, 0.5) is 5.69 Å². The summed E-state index contributed by atoms with van der Waals surface area (Å²) in [4.78, 5) is 23.3. The molecule has 0 N–H and O–H groups in total. The van der Waals surface area contributed by atoms with Gasteiger partial charge >= 0.3 is 5.91 Å². The van der Waals surface area contributed by atoms with Gasteiger partial charge in [0.1, 0.15) is 11.4 Å². The van der Waals surface area contributed by atoms with E-state index in [2.05, 4.69) is 0 Å². The summed E-state index contributed by atoms with van der Waals surface area (Å²) in [5, 5.41) is 10.9. The van der Waals surface area contributed by atoms with Gasteiger partial charge in [-0.25, -0.2) is 10.1 Å². The molecule has 0 spiro atoms. The summed E-state index contributed by atoms with van der Waals surface area (Å²) < 4.78 is 4.98. The van der Waals surface area contributed by atoms with Crippen molar-refractivity contribution in [1.82, 2.24) is 0 Å². The van der Waals surface area contributed by atoms with Crippen molar-refractivity contribution < 1.29 is 14.6 Å². The Labute approximate surface area is 115 Å². The molecule has 102 valence electrons. The third-order valence-electron chi connectivity index (χ3n) is 2.69. The Kier molecular flexibility index (Phi) is 3.95. The first-order valence-corrected chi connectivity index (χ1v) is 5.81. The van der Waals surface area contributed by atoms with Crippen molar-refractivity contribution in [2.24, 2.45) is 0 Å². The van der Waals surface area contributed by atoms with E-state index < -0.39 is 10.9 Å². The van der Waals surface area contributed by atoms with Gasteiger partial charge in [-0.1, -0.05) is 18.2 Å². The van der Waals surface area contributed by atoms with Gasteiger partial charge < -0.3 is 4.74 Å². The smallest absolute Gasteiger partial charge is 0.319 e. The van der Waals surface area contributed by atoms with Crippen LogP contribution in [0.1, 0.15) is 10.4 Å². The average molecular weight is 272 g/mol. The third-order valence-corrected chi connectivity index (χ3v) is 2.69. The lowest BCUT2D eigenvalue weighted by molar-refractivity contribution is -0.481. The molecule has 1 amide bonds. The van der Waals surface area contributed by atoms with E-state index in [1.54, 1.807) is 30.3 Å². The second kappa shape index (κ2) is 5.83. The Bertz CT molecular complexity index is 611. The molecule has 0 aliphatic heterocycles. The van der Waals surface area contributed by atoms with Gasteiger partial charge in [-0.2, -0.15) is 0 Å². The Hall–Kier alpha value is -2.89. The maximum absolute atomic E-state index is 12.2. The molecule has 0 radical (unpaired) electrons. The summed E-state index contributed by atoms with van der Waals surface area (Å²) >= 11 is 0. The predicted molar refractivity (Wildman–Crippen MR) is 73.2 cm³/mol. The summed E-state index contributed by atoms with van der Waals surface area (Å²) in [7, 11) is 1.50. The molecular weight excluding hydrogens is 260 g/mol. The second-order valence-corrected chi connectivity index (χ2v) is 3.92. The van der Waals surface area contributed by atoms with Crippen LogP contribution in [-0.2, 0) is 0 Å². The molecule has 0 aliphatic rings. The topological polar surface area (TPSA) is 72.7 Å². The number of hydrazine groups is 1. The number of nitrogens with zero attached hydrogens (tertiary/aromatic N) is 2. The normalized spacial score (nSPS) is 9.85. The minimum Gasteiger partial charge on any atom is -0.497 e. The fourth-order valence-corrected chi connectivity index (χ4v) is 1.71. The first-order chi connectivity index (χ1) is 9.63. The minimum atomic E-state index is -0.739. The first kappa shape index (κ1) is 13.5. The van der Waals surface area contributed by atoms with Crippen LogP contribution in [0.2, 0.25) is 0 Å². The van der Waals surface area contributed by atoms with Crippen molar-refractivity contribution in [1.29, 1.82) is 0 Å². The number of hydrogen-bond donors (Lipinski definition) is 0. The van der Waals surface area contributed by atoms with E-state index in [0.29, 0.717) is 10.8 Å². The molecule has 20 heavy (non-hydrogen) atoms. The zero-order chi connectivity index (χ0) is 14.5. The maximum atomic E-state index is 12.2. The number of rotatable bonds is 4. The molecule has 0 saturated carbocycles. The quantitative estimate of drug-likeness (QED) is 0.633. The number of hydrogen-bond acceptors (Lipinski definition) is 4. The van der Waals surface area contributed by atoms with Gasteiger partial charge in [-0.15, -0.1) is 0 Å². The average Bonchev–Trinajstić information content (AvgIpc) is 2.48. The number of ether oxygens (including phenoxy) is 1. The highest BCUT2D eigenvalue weighted by molar-refractivity contribution is 6.04. The number of anilines is 1. The van der Waals surface area contributed by atoms with Crippen molar-refractivity contribution in [3.05, 3.63) is 70.3 Å². The van der Waals surface area contributed by atoms with Crippen molar-refractivity contribution >= 4 is 11.6 Å². The van der Waals surface area contributed by atoms with Crippen LogP contribution >= 0.6 is 0 Å². The molecule has 2 aromatic carbocycles. The first-order valence-electron chi connectivity index (χ1n) is 5.81. The molecule has 0 bridgehead atoms. The van der Waals surface area contributed by atoms with Crippen LogP contribution in [0.3, 0.4) is 0 Å². The van der Waals surface area contributed by atoms with Crippen LogP contribution in [-0.4, -0.2) is 18.0 Å². The highest BCUT2D eigenvalue weighted by Crippen LogP contribution is 2.21. The lowest BCUT2D eigenvalue weighted by Gasteiger charge is -2.12.